The van der Waals surface area contributed by atoms with Gasteiger partial charge in [0.1, 0.15) is 5.01 Å². The SMILES string of the molecule is CC(C)CC1(C)CCN(C(=O)NC(c2nccs2)C2CC2)CC1. The summed E-state index contributed by atoms with van der Waals surface area (Å²) in [6.07, 6.45) is 7.73. The van der Waals surface area contributed by atoms with Crippen molar-refractivity contribution in [2.24, 2.45) is 17.3 Å². The van der Waals surface area contributed by atoms with Crippen LogP contribution in [0, 0.1) is 17.3 Å². The first-order chi connectivity index (χ1) is 11.0. The van der Waals surface area contributed by atoms with Gasteiger partial charge in [-0.3, -0.25) is 0 Å². The van der Waals surface area contributed by atoms with Crippen LogP contribution in [0.3, 0.4) is 0 Å². The molecule has 1 aliphatic heterocycles. The average Bonchev–Trinajstić information content (AvgIpc) is 3.18. The molecule has 1 saturated carbocycles. The van der Waals surface area contributed by atoms with E-state index in [0.29, 0.717) is 11.3 Å². The molecule has 1 atom stereocenters. The van der Waals surface area contributed by atoms with E-state index in [2.05, 4.69) is 31.1 Å². The zero-order valence-corrected chi connectivity index (χ0v) is 15.4. The van der Waals surface area contributed by atoms with Crippen molar-refractivity contribution in [1.82, 2.24) is 15.2 Å². The smallest absolute Gasteiger partial charge is 0.317 e. The number of carbonyl (C=O) groups is 1. The first kappa shape index (κ1) is 16.7. The summed E-state index contributed by atoms with van der Waals surface area (Å²) in [6, 6.07) is 0.218. The van der Waals surface area contributed by atoms with E-state index >= 15 is 0 Å². The van der Waals surface area contributed by atoms with Crippen molar-refractivity contribution in [3.05, 3.63) is 16.6 Å². The molecule has 1 aromatic heterocycles. The fraction of sp³-hybridized carbons (Fsp3) is 0.778. The van der Waals surface area contributed by atoms with Crippen molar-refractivity contribution < 1.29 is 4.79 Å². The van der Waals surface area contributed by atoms with E-state index in [1.54, 1.807) is 11.3 Å². The second kappa shape index (κ2) is 6.80. The molecular formula is C18H29N3OS. The lowest BCUT2D eigenvalue weighted by Crippen LogP contribution is -2.48. The van der Waals surface area contributed by atoms with Crippen LogP contribution < -0.4 is 5.32 Å². The van der Waals surface area contributed by atoms with E-state index in [-0.39, 0.29) is 12.1 Å². The molecule has 2 heterocycles. The van der Waals surface area contributed by atoms with Crippen LogP contribution in [0.4, 0.5) is 4.79 Å². The van der Waals surface area contributed by atoms with Crippen LogP contribution in [-0.2, 0) is 0 Å². The standard InChI is InChI=1S/C18H29N3OS/c1-13(2)12-18(3)6-9-21(10-7-18)17(22)20-15(14-4-5-14)16-19-8-11-23-16/h8,11,13-15H,4-7,9-10,12H2,1-3H3,(H,20,22). The third-order valence-electron chi connectivity index (χ3n) is 5.25. The minimum absolute atomic E-state index is 0.101. The van der Waals surface area contributed by atoms with Gasteiger partial charge in [-0.15, -0.1) is 11.3 Å². The van der Waals surface area contributed by atoms with Gasteiger partial charge in [0, 0.05) is 24.7 Å². The number of hydrogen-bond donors (Lipinski definition) is 1. The van der Waals surface area contributed by atoms with Crippen LogP contribution in [0.15, 0.2) is 11.6 Å². The van der Waals surface area contributed by atoms with Gasteiger partial charge >= 0.3 is 6.03 Å². The summed E-state index contributed by atoms with van der Waals surface area (Å²) in [6.45, 7) is 8.72. The molecule has 1 saturated heterocycles. The second-order valence-electron chi connectivity index (χ2n) is 8.03. The predicted molar refractivity (Wildman–Crippen MR) is 94.5 cm³/mol. The zero-order valence-electron chi connectivity index (χ0n) is 14.5. The van der Waals surface area contributed by atoms with Gasteiger partial charge in [0.2, 0.25) is 0 Å². The Bertz CT molecular complexity index is 516. The van der Waals surface area contributed by atoms with Crippen molar-refractivity contribution in [3.63, 3.8) is 0 Å². The summed E-state index contributed by atoms with van der Waals surface area (Å²) in [5.41, 5.74) is 0.399. The number of carbonyl (C=O) groups excluding carboxylic acids is 1. The van der Waals surface area contributed by atoms with Gasteiger partial charge in [0.25, 0.3) is 0 Å². The van der Waals surface area contributed by atoms with Crippen molar-refractivity contribution in [1.29, 1.82) is 0 Å². The largest absolute Gasteiger partial charge is 0.328 e. The Hall–Kier alpha value is -1.10. The van der Waals surface area contributed by atoms with Crippen molar-refractivity contribution >= 4 is 17.4 Å². The highest BCUT2D eigenvalue weighted by molar-refractivity contribution is 7.09. The maximum Gasteiger partial charge on any atom is 0.317 e. The Balaban J connectivity index is 1.55. The molecule has 0 bridgehead atoms. The van der Waals surface area contributed by atoms with Crippen LogP contribution >= 0.6 is 11.3 Å². The molecule has 2 amide bonds. The Morgan fingerprint density at radius 2 is 2.13 bits per heavy atom. The number of nitrogens with zero attached hydrogens (tertiary/aromatic N) is 2. The zero-order chi connectivity index (χ0) is 16.4. The molecule has 1 unspecified atom stereocenters. The fourth-order valence-corrected chi connectivity index (χ4v) is 4.64. The number of hydrogen-bond acceptors (Lipinski definition) is 3. The van der Waals surface area contributed by atoms with Crippen molar-refractivity contribution in [2.45, 2.75) is 58.9 Å². The molecule has 1 aromatic rings. The Morgan fingerprint density at radius 1 is 1.43 bits per heavy atom. The van der Waals surface area contributed by atoms with Crippen LogP contribution in [0.1, 0.15) is 63.9 Å². The van der Waals surface area contributed by atoms with Crippen LogP contribution in [0.2, 0.25) is 0 Å². The number of rotatable bonds is 5. The Morgan fingerprint density at radius 3 is 2.65 bits per heavy atom. The number of likely N-dealkylation sites (tertiary alicyclic amines) is 1. The summed E-state index contributed by atoms with van der Waals surface area (Å²) >= 11 is 1.65. The van der Waals surface area contributed by atoms with Crippen LogP contribution in [0.25, 0.3) is 0 Å². The quantitative estimate of drug-likeness (QED) is 0.864. The monoisotopic (exact) mass is 335 g/mol. The number of thiazole rings is 1. The van der Waals surface area contributed by atoms with E-state index in [4.69, 9.17) is 0 Å². The summed E-state index contributed by atoms with van der Waals surface area (Å²) in [4.78, 5) is 19.1. The van der Waals surface area contributed by atoms with Gasteiger partial charge in [-0.1, -0.05) is 20.8 Å². The van der Waals surface area contributed by atoms with Crippen molar-refractivity contribution in [3.8, 4) is 0 Å². The van der Waals surface area contributed by atoms with Crippen LogP contribution in [0.5, 0.6) is 0 Å². The maximum atomic E-state index is 12.7. The Labute approximate surface area is 143 Å². The van der Waals surface area contributed by atoms with Crippen LogP contribution in [-0.4, -0.2) is 29.0 Å². The third-order valence-corrected chi connectivity index (χ3v) is 6.11. The molecule has 2 fully saturated rings. The van der Waals surface area contributed by atoms with E-state index in [1.807, 2.05) is 16.5 Å². The lowest BCUT2D eigenvalue weighted by molar-refractivity contribution is 0.110. The molecular weight excluding hydrogens is 306 g/mol. The lowest BCUT2D eigenvalue weighted by Gasteiger charge is -2.40. The highest BCUT2D eigenvalue weighted by Gasteiger charge is 2.37. The number of urea groups is 1. The van der Waals surface area contributed by atoms with Crippen molar-refractivity contribution in [2.75, 3.05) is 13.1 Å². The van der Waals surface area contributed by atoms with Gasteiger partial charge in [0.15, 0.2) is 0 Å². The number of piperidine rings is 1. The average molecular weight is 336 g/mol. The number of nitrogens with one attached hydrogen (secondary N) is 1. The molecule has 23 heavy (non-hydrogen) atoms. The minimum Gasteiger partial charge on any atom is -0.328 e. The molecule has 1 N–H and O–H groups in total. The minimum atomic E-state index is 0.101. The molecule has 0 aromatic carbocycles. The van der Waals surface area contributed by atoms with E-state index in [0.717, 1.165) is 36.9 Å². The first-order valence-corrected chi connectivity index (χ1v) is 9.80. The molecule has 3 rings (SSSR count). The highest BCUT2D eigenvalue weighted by Crippen LogP contribution is 2.42. The topological polar surface area (TPSA) is 45.2 Å². The van der Waals surface area contributed by atoms with E-state index < -0.39 is 0 Å². The number of amides is 2. The first-order valence-electron chi connectivity index (χ1n) is 8.92. The lowest BCUT2D eigenvalue weighted by atomic mass is 9.74. The summed E-state index contributed by atoms with van der Waals surface area (Å²) in [5, 5.41) is 6.31. The second-order valence-corrected chi connectivity index (χ2v) is 8.96. The van der Waals surface area contributed by atoms with E-state index in [9.17, 15) is 4.79 Å². The van der Waals surface area contributed by atoms with Gasteiger partial charge in [0.05, 0.1) is 6.04 Å². The Kier molecular flexibility index (Phi) is 4.95. The molecule has 1 aliphatic carbocycles. The summed E-state index contributed by atoms with van der Waals surface area (Å²) < 4.78 is 0. The van der Waals surface area contributed by atoms with Gasteiger partial charge in [-0.2, -0.15) is 0 Å². The third kappa shape index (κ3) is 4.25. The van der Waals surface area contributed by atoms with E-state index in [1.165, 1.54) is 19.3 Å². The fourth-order valence-electron chi connectivity index (χ4n) is 3.86. The predicted octanol–water partition coefficient (Wildman–Crippen LogP) is 4.45. The maximum absolute atomic E-state index is 12.7. The molecule has 4 nitrogen and oxygen atoms in total. The van der Waals surface area contributed by atoms with Gasteiger partial charge in [-0.25, -0.2) is 9.78 Å². The molecule has 128 valence electrons. The molecule has 0 spiro atoms. The number of aromatic nitrogens is 1. The van der Waals surface area contributed by atoms with Gasteiger partial charge in [-0.05, 0) is 49.4 Å². The molecule has 0 radical (unpaired) electrons. The summed E-state index contributed by atoms with van der Waals surface area (Å²) in [7, 11) is 0. The van der Waals surface area contributed by atoms with Gasteiger partial charge < -0.3 is 10.2 Å². The normalized spacial score (nSPS) is 22.2. The summed E-state index contributed by atoms with van der Waals surface area (Å²) in [5.74, 6) is 1.31. The highest BCUT2D eigenvalue weighted by atomic mass is 32.1. The molecule has 2 aliphatic rings. The molecule has 5 heteroatoms.